The fourth-order valence-corrected chi connectivity index (χ4v) is 13.3. The van der Waals surface area contributed by atoms with Gasteiger partial charge in [0.25, 0.3) is 0 Å². The highest BCUT2D eigenvalue weighted by Crippen LogP contribution is 2.72. The third-order valence-electron chi connectivity index (χ3n) is 13.1. The predicted octanol–water partition coefficient (Wildman–Crippen LogP) is 6.50. The molecule has 4 saturated carbocycles. The Morgan fingerprint density at radius 2 is 1.91 bits per heavy atom. The number of fused-ring (bicyclic) bond motifs is 1. The van der Waals surface area contributed by atoms with Crippen molar-refractivity contribution in [2.45, 2.75) is 103 Å². The number of carbonyl (C=O) groups is 1. The van der Waals surface area contributed by atoms with E-state index in [0.717, 1.165) is 108 Å². The molecule has 0 radical (unpaired) electrons. The Kier molecular flexibility index (Phi) is 8.33. The van der Waals surface area contributed by atoms with Crippen LogP contribution in [0.1, 0.15) is 83.4 Å². The summed E-state index contributed by atoms with van der Waals surface area (Å²) >= 11 is 1.58. The van der Waals surface area contributed by atoms with Gasteiger partial charge in [-0.1, -0.05) is 43.4 Å². The number of likely N-dealkylation sites (N-methyl/N-ethyl adjacent to an activating group) is 1. The molecule has 3 aliphatic heterocycles. The highest BCUT2D eigenvalue weighted by Gasteiger charge is 2.66. The van der Waals surface area contributed by atoms with Crippen LogP contribution in [-0.2, 0) is 21.6 Å². The minimum atomic E-state index is -1.15. The van der Waals surface area contributed by atoms with Crippen molar-refractivity contribution in [2.75, 3.05) is 32.2 Å². The fraction of sp³-hybridized carbons (Fsp3) is 0.561. The van der Waals surface area contributed by atoms with Crippen LogP contribution in [0.4, 0.5) is 5.13 Å². The number of rotatable bonds is 11. The molecule has 5 heterocycles. The molecule has 13 heteroatoms. The Hall–Kier alpha value is -4.20. The van der Waals surface area contributed by atoms with Crippen LogP contribution in [0.15, 0.2) is 70.8 Å². The van der Waals surface area contributed by atoms with Crippen LogP contribution in [0, 0.1) is 23.2 Å². The number of aliphatic imine (C=N–C) groups is 1. The van der Waals surface area contributed by atoms with Crippen molar-refractivity contribution >= 4 is 38.9 Å². The number of ether oxygens (including phenoxy) is 1. The van der Waals surface area contributed by atoms with E-state index in [0.29, 0.717) is 6.54 Å². The molecule has 4 fully saturated rings. The lowest BCUT2D eigenvalue weighted by Crippen LogP contribution is -2.64. The highest BCUT2D eigenvalue weighted by atomic mass is 32.1. The van der Waals surface area contributed by atoms with Gasteiger partial charge in [0.1, 0.15) is 5.54 Å². The van der Waals surface area contributed by atoms with Gasteiger partial charge in [-0.2, -0.15) is 10.2 Å². The molecule has 12 nitrogen and oxygen atoms in total. The second-order valence-corrected chi connectivity index (χ2v) is 18.8. The molecular weight excluding hydrogens is 699 g/mol. The fourth-order valence-electron chi connectivity index (χ4n) is 12.4. The summed E-state index contributed by atoms with van der Waals surface area (Å²) in [4.78, 5) is 25.2. The number of hydrazine groups is 2. The zero-order valence-corrected chi connectivity index (χ0v) is 32.9. The van der Waals surface area contributed by atoms with Crippen LogP contribution in [0.3, 0.4) is 0 Å². The summed E-state index contributed by atoms with van der Waals surface area (Å²) in [6.07, 6.45) is 18.1. The third kappa shape index (κ3) is 5.68. The van der Waals surface area contributed by atoms with Crippen molar-refractivity contribution in [3.05, 3.63) is 77.0 Å². The number of dihydropyridines is 1. The largest absolute Gasteiger partial charge is 0.480 e. The van der Waals surface area contributed by atoms with Gasteiger partial charge >= 0.3 is 5.97 Å². The van der Waals surface area contributed by atoms with E-state index in [4.69, 9.17) is 19.8 Å². The first-order valence-electron chi connectivity index (χ1n) is 19.5. The standard InChI is InChI=1S/C41H53N9O3S/c1-27-18-45-50(47-36-46-31-11-6-7-12-32(31)54-36)34-29(27)10-8-16-48(34)41(13-9-14-43-33(41)35(51)52)30-19-44-49(28(30)2)26-39-21-37(3)20-38(4,22-39)24-40(23-37,25-39)53-17-15-42-5/h6-7,9,11-14,18-19,33,42,45H,8,10,15-17,20-26H2,1-5H3,(H,46,47)(H,51,52). The van der Waals surface area contributed by atoms with Gasteiger partial charge in [-0.3, -0.25) is 20.5 Å². The molecule has 4 aliphatic carbocycles. The van der Waals surface area contributed by atoms with Gasteiger partial charge in [-0.05, 0) is 112 Å². The summed E-state index contributed by atoms with van der Waals surface area (Å²) in [6, 6.07) is 7.01. The van der Waals surface area contributed by atoms with Crippen molar-refractivity contribution in [3.8, 4) is 0 Å². The molecule has 54 heavy (non-hydrogen) atoms. The number of nitrogens with one attached hydrogen (secondary N) is 3. The summed E-state index contributed by atoms with van der Waals surface area (Å²) < 4.78 is 10.1. The number of carboxylic acids is 1. The quantitative estimate of drug-likeness (QED) is 0.161. The van der Waals surface area contributed by atoms with Crippen LogP contribution in [0.25, 0.3) is 10.2 Å². The Balaban J connectivity index is 1.11. The first-order valence-corrected chi connectivity index (χ1v) is 20.3. The Morgan fingerprint density at radius 1 is 1.11 bits per heavy atom. The molecule has 4 atom stereocenters. The molecular formula is C41H53N9O3S. The molecule has 3 aromatic rings. The number of nitrogens with zero attached hydrogens (tertiary/aromatic N) is 6. The zero-order valence-electron chi connectivity index (χ0n) is 32.1. The lowest BCUT2D eigenvalue weighted by atomic mass is 9.39. The molecule has 1 aromatic carbocycles. The number of benzene rings is 1. The molecule has 0 spiro atoms. The topological polar surface area (TPSA) is 132 Å². The maximum atomic E-state index is 13.4. The summed E-state index contributed by atoms with van der Waals surface area (Å²) in [5, 5.41) is 22.1. The van der Waals surface area contributed by atoms with Crippen LogP contribution >= 0.6 is 11.3 Å². The molecule has 0 amide bonds. The average molecular weight is 752 g/mol. The number of allylic oxidation sites excluding steroid dienone is 3. The van der Waals surface area contributed by atoms with Gasteiger partial charge in [0.2, 0.25) is 5.13 Å². The van der Waals surface area contributed by atoms with Crippen molar-refractivity contribution in [1.82, 2.24) is 35.5 Å². The summed E-state index contributed by atoms with van der Waals surface area (Å²) in [7, 11) is 1.99. The van der Waals surface area contributed by atoms with E-state index < -0.39 is 17.6 Å². The SMILES string of the molecule is CNCCOC12CC3(C)CC(C)(CC(Cn4ncc(C5(N6CCCC7=C6N(Nc6nc8ccccc8s6)NC=C7C)C=CC=NC5C(=O)O)c4C)(C3)C1)C2. The van der Waals surface area contributed by atoms with Crippen LogP contribution in [-0.4, -0.2) is 80.5 Å². The highest BCUT2D eigenvalue weighted by molar-refractivity contribution is 7.22. The molecule has 10 rings (SSSR count). The molecule has 7 aliphatic rings. The van der Waals surface area contributed by atoms with E-state index in [-0.39, 0.29) is 21.8 Å². The maximum Gasteiger partial charge on any atom is 0.331 e. The van der Waals surface area contributed by atoms with Crippen LogP contribution < -0.4 is 16.2 Å². The second kappa shape index (κ2) is 12.7. The number of thiazole rings is 1. The molecule has 286 valence electrons. The predicted molar refractivity (Wildman–Crippen MR) is 212 cm³/mol. The van der Waals surface area contributed by atoms with Crippen molar-refractivity contribution in [1.29, 1.82) is 0 Å². The van der Waals surface area contributed by atoms with E-state index in [1.807, 2.05) is 54.9 Å². The van der Waals surface area contributed by atoms with Crippen molar-refractivity contribution in [3.63, 3.8) is 0 Å². The minimum absolute atomic E-state index is 0.0415. The van der Waals surface area contributed by atoms with Gasteiger partial charge in [0.05, 0.1) is 28.6 Å². The van der Waals surface area contributed by atoms with E-state index >= 15 is 0 Å². The first kappa shape index (κ1) is 35.5. The van der Waals surface area contributed by atoms with Gasteiger partial charge < -0.3 is 20.1 Å². The van der Waals surface area contributed by atoms with Crippen LogP contribution in [0.2, 0.25) is 0 Å². The van der Waals surface area contributed by atoms with Gasteiger partial charge in [-0.25, -0.2) is 9.78 Å². The van der Waals surface area contributed by atoms with Gasteiger partial charge in [0.15, 0.2) is 11.9 Å². The van der Waals surface area contributed by atoms with Gasteiger partial charge in [0, 0.05) is 48.9 Å². The maximum absolute atomic E-state index is 13.4. The lowest BCUT2D eigenvalue weighted by molar-refractivity contribution is -0.247. The van der Waals surface area contributed by atoms with E-state index in [9.17, 15) is 9.90 Å². The number of aliphatic carboxylic acids is 1. The number of para-hydroxylation sites is 1. The summed E-state index contributed by atoms with van der Waals surface area (Å²) in [5.74, 6) is -0.0944. The number of anilines is 1. The van der Waals surface area contributed by atoms with Crippen molar-refractivity contribution < 1.29 is 14.6 Å². The van der Waals surface area contributed by atoms with Crippen molar-refractivity contribution in [2.24, 2.45) is 21.2 Å². The summed E-state index contributed by atoms with van der Waals surface area (Å²) in [6.45, 7) is 12.2. The van der Waals surface area contributed by atoms with E-state index in [1.165, 1.54) is 6.42 Å². The molecule has 4 bridgehead atoms. The number of hydrogen-bond acceptors (Lipinski definition) is 11. The van der Waals surface area contributed by atoms with E-state index in [2.05, 4.69) is 59.5 Å². The Bertz CT molecular complexity index is 2060. The van der Waals surface area contributed by atoms with Gasteiger partial charge in [-0.15, -0.1) is 0 Å². The molecule has 4 N–H and O–H groups in total. The lowest BCUT2D eigenvalue weighted by Gasteiger charge is -2.69. The number of aromatic nitrogens is 3. The Morgan fingerprint density at radius 3 is 2.67 bits per heavy atom. The monoisotopic (exact) mass is 751 g/mol. The number of hydrogen-bond donors (Lipinski definition) is 4. The summed E-state index contributed by atoms with van der Waals surface area (Å²) in [5.41, 5.74) is 11.3. The zero-order chi connectivity index (χ0) is 37.5. The number of carboxylic acid groups (broad SMARTS) is 1. The normalized spacial score (nSPS) is 34.0. The molecule has 4 unspecified atom stereocenters. The second-order valence-electron chi connectivity index (χ2n) is 17.8. The Labute approximate surface area is 321 Å². The molecule has 2 aromatic heterocycles. The third-order valence-corrected chi connectivity index (χ3v) is 14.1. The average Bonchev–Trinajstić information content (AvgIpc) is 3.69. The van der Waals surface area contributed by atoms with E-state index in [1.54, 1.807) is 17.6 Å². The first-order chi connectivity index (χ1) is 25.9. The smallest absolute Gasteiger partial charge is 0.331 e. The minimum Gasteiger partial charge on any atom is -0.480 e. The van der Waals surface area contributed by atoms with Crippen LogP contribution in [0.5, 0.6) is 0 Å². The molecule has 0 saturated heterocycles.